The standard InChI is InChI=1S/C15H15ClINO3S.C15H14ClNO3S/c16-14-10(8-11(22-14)15-20-6-7-21-15)13(19)12-9(3-4-17)2-1-5-18-12;16-14-10(8-11(21-14)15-19-6-7-20-15)13-12-9(3-5-18-13)2-1-4-17-12/h1-2,5,8,13,15,19H,3-4,6-7H2;1-2,4,8,13,15H,3,5-7H2. The topological polar surface area (TPSA) is 92.2 Å². The van der Waals surface area contributed by atoms with Gasteiger partial charge in [-0.1, -0.05) is 57.9 Å². The van der Waals surface area contributed by atoms with E-state index in [1.54, 1.807) is 12.4 Å². The van der Waals surface area contributed by atoms with Crippen molar-refractivity contribution in [2.45, 2.75) is 37.6 Å². The summed E-state index contributed by atoms with van der Waals surface area (Å²) in [5.74, 6) is 0. The predicted octanol–water partition coefficient (Wildman–Crippen LogP) is 7.41. The first kappa shape index (κ1) is 31.7. The van der Waals surface area contributed by atoms with Gasteiger partial charge >= 0.3 is 0 Å². The molecule has 0 radical (unpaired) electrons. The van der Waals surface area contributed by atoms with Crippen LogP contribution in [-0.2, 0) is 36.5 Å². The van der Waals surface area contributed by atoms with Gasteiger partial charge in [-0.2, -0.15) is 0 Å². The smallest absolute Gasteiger partial charge is 0.193 e. The number of hydrogen-bond donors (Lipinski definition) is 1. The van der Waals surface area contributed by atoms with Crippen molar-refractivity contribution < 1.29 is 28.8 Å². The van der Waals surface area contributed by atoms with Crippen LogP contribution in [0.4, 0.5) is 0 Å². The zero-order valence-corrected chi connectivity index (χ0v) is 28.2. The molecule has 7 rings (SSSR count). The molecule has 0 saturated carbocycles. The maximum atomic E-state index is 10.7. The van der Waals surface area contributed by atoms with Gasteiger partial charge in [-0.25, -0.2) is 0 Å². The van der Waals surface area contributed by atoms with Gasteiger partial charge < -0.3 is 28.8 Å². The lowest BCUT2D eigenvalue weighted by Crippen LogP contribution is -2.18. The molecule has 0 spiro atoms. The number of thiophene rings is 2. The van der Waals surface area contributed by atoms with Crippen molar-refractivity contribution in [2.75, 3.05) is 37.5 Å². The Morgan fingerprint density at radius 2 is 1.51 bits per heavy atom. The number of rotatable bonds is 7. The largest absolute Gasteiger partial charge is 0.382 e. The lowest BCUT2D eigenvalue weighted by atomic mass is 9.99. The minimum atomic E-state index is -0.835. The molecule has 8 nitrogen and oxygen atoms in total. The number of halogens is 3. The van der Waals surface area contributed by atoms with Crippen LogP contribution in [0.5, 0.6) is 0 Å². The monoisotopic (exact) mass is 774 g/mol. The first-order valence-corrected chi connectivity index (χ1v) is 17.7. The number of ether oxygens (including phenoxy) is 5. The van der Waals surface area contributed by atoms with E-state index < -0.39 is 6.10 Å². The number of aryl methyl sites for hydroxylation is 1. The summed E-state index contributed by atoms with van der Waals surface area (Å²) in [5.41, 5.74) is 5.51. The summed E-state index contributed by atoms with van der Waals surface area (Å²) in [5, 5.41) is 10.7. The summed E-state index contributed by atoms with van der Waals surface area (Å²) >= 11 is 17.9. The van der Waals surface area contributed by atoms with Crippen molar-refractivity contribution in [3.05, 3.63) is 101 Å². The summed E-state index contributed by atoms with van der Waals surface area (Å²) in [6.45, 7) is 3.09. The Bertz CT molecular complexity index is 1530. The molecule has 2 saturated heterocycles. The highest BCUT2D eigenvalue weighted by atomic mass is 127. The Balaban J connectivity index is 0.000000153. The van der Waals surface area contributed by atoms with Crippen LogP contribution in [0.25, 0.3) is 0 Å². The molecule has 7 heterocycles. The van der Waals surface area contributed by atoms with Crippen LogP contribution in [0.15, 0.2) is 48.8 Å². The summed E-state index contributed by atoms with van der Waals surface area (Å²) in [4.78, 5) is 10.7. The predicted molar refractivity (Wildman–Crippen MR) is 175 cm³/mol. The van der Waals surface area contributed by atoms with Gasteiger partial charge in [0, 0.05) is 27.9 Å². The van der Waals surface area contributed by atoms with E-state index in [0.29, 0.717) is 53.0 Å². The maximum absolute atomic E-state index is 10.7. The molecule has 2 fully saturated rings. The highest BCUT2D eigenvalue weighted by molar-refractivity contribution is 14.1. The Morgan fingerprint density at radius 1 is 0.860 bits per heavy atom. The van der Waals surface area contributed by atoms with Crippen LogP contribution in [-0.4, -0.2) is 52.5 Å². The van der Waals surface area contributed by atoms with Crippen LogP contribution < -0.4 is 0 Å². The molecule has 4 aromatic rings. The first-order chi connectivity index (χ1) is 21.0. The van der Waals surface area contributed by atoms with E-state index in [9.17, 15) is 5.11 Å². The molecular weight excluding hydrogens is 746 g/mol. The van der Waals surface area contributed by atoms with Crippen LogP contribution in [0.1, 0.15) is 68.2 Å². The van der Waals surface area contributed by atoms with E-state index in [1.165, 1.54) is 28.2 Å². The van der Waals surface area contributed by atoms with E-state index in [2.05, 4.69) is 38.6 Å². The molecule has 0 aromatic carbocycles. The number of fused-ring (bicyclic) bond motifs is 1. The van der Waals surface area contributed by atoms with Crippen LogP contribution in [0, 0.1) is 0 Å². The fourth-order valence-corrected chi connectivity index (χ4v) is 8.35. The van der Waals surface area contributed by atoms with Gasteiger partial charge in [0.2, 0.25) is 0 Å². The normalized spacial score (nSPS) is 19.7. The van der Waals surface area contributed by atoms with Gasteiger partial charge in [0.1, 0.15) is 12.2 Å². The van der Waals surface area contributed by atoms with E-state index >= 15 is 0 Å². The Labute approximate surface area is 281 Å². The van der Waals surface area contributed by atoms with Crippen molar-refractivity contribution >= 4 is 68.5 Å². The summed E-state index contributed by atoms with van der Waals surface area (Å²) in [6, 6.07) is 11.8. The fourth-order valence-electron chi connectivity index (χ4n) is 5.11. The van der Waals surface area contributed by atoms with Gasteiger partial charge in [-0.3, -0.25) is 9.97 Å². The molecule has 2 atom stereocenters. The first-order valence-electron chi connectivity index (χ1n) is 13.8. The average molecular weight is 776 g/mol. The van der Waals surface area contributed by atoms with E-state index in [-0.39, 0.29) is 18.7 Å². The van der Waals surface area contributed by atoms with Crippen LogP contribution >= 0.6 is 68.5 Å². The molecule has 0 amide bonds. The summed E-state index contributed by atoms with van der Waals surface area (Å²) < 4.78 is 30.2. The quantitative estimate of drug-likeness (QED) is 0.154. The number of aliphatic hydroxyl groups excluding tert-OH is 1. The molecule has 0 bridgehead atoms. The molecule has 2 unspecified atom stereocenters. The molecule has 3 aliphatic rings. The third-order valence-electron chi connectivity index (χ3n) is 7.13. The second kappa shape index (κ2) is 14.9. The average Bonchev–Trinajstić information content (AvgIpc) is 3.85. The third-order valence-corrected chi connectivity index (χ3v) is 10.5. The number of hydrogen-bond acceptors (Lipinski definition) is 10. The zero-order chi connectivity index (χ0) is 29.8. The van der Waals surface area contributed by atoms with Gasteiger partial charge in [0.15, 0.2) is 12.6 Å². The minimum Gasteiger partial charge on any atom is -0.382 e. The zero-order valence-electron chi connectivity index (χ0n) is 22.9. The highest BCUT2D eigenvalue weighted by Gasteiger charge is 2.30. The lowest BCUT2D eigenvalue weighted by molar-refractivity contribution is -0.0416. The van der Waals surface area contributed by atoms with E-state index in [4.69, 9.17) is 46.9 Å². The van der Waals surface area contributed by atoms with E-state index in [0.717, 1.165) is 43.8 Å². The van der Waals surface area contributed by atoms with Gasteiger partial charge in [-0.05, 0) is 48.2 Å². The van der Waals surface area contributed by atoms with Gasteiger partial charge in [-0.15, -0.1) is 22.7 Å². The molecule has 228 valence electrons. The van der Waals surface area contributed by atoms with Gasteiger partial charge in [0.05, 0.1) is 62.8 Å². The number of nitrogens with zero attached hydrogens (tertiary/aromatic N) is 2. The van der Waals surface area contributed by atoms with Crippen LogP contribution in [0.3, 0.4) is 0 Å². The van der Waals surface area contributed by atoms with Gasteiger partial charge in [0.25, 0.3) is 0 Å². The van der Waals surface area contributed by atoms with Crippen molar-refractivity contribution in [2.24, 2.45) is 0 Å². The molecule has 43 heavy (non-hydrogen) atoms. The molecule has 0 aliphatic carbocycles. The SMILES string of the molecule is Clc1sc(C2OCCO2)cc1C1OCCc2cccnc21.OC(c1cc(C2OCCO2)sc1Cl)c1ncccc1CCI. The fraction of sp³-hybridized carbons (Fsp3) is 0.400. The Hall–Kier alpha value is -1.23. The maximum Gasteiger partial charge on any atom is 0.193 e. The second-order valence-electron chi connectivity index (χ2n) is 9.84. The number of pyridine rings is 2. The number of aliphatic hydroxyl groups is 1. The Kier molecular flexibility index (Phi) is 11.0. The molecule has 1 N–H and O–H groups in total. The number of alkyl halides is 1. The molecule has 4 aromatic heterocycles. The molecule has 3 aliphatic heterocycles. The van der Waals surface area contributed by atoms with Crippen molar-refractivity contribution in [1.82, 2.24) is 9.97 Å². The van der Waals surface area contributed by atoms with Crippen molar-refractivity contribution in [3.8, 4) is 0 Å². The van der Waals surface area contributed by atoms with E-state index in [1.807, 2.05) is 30.3 Å². The highest BCUT2D eigenvalue weighted by Crippen LogP contribution is 2.43. The third kappa shape index (κ3) is 7.28. The minimum absolute atomic E-state index is 0.200. The number of aromatic nitrogens is 2. The molecular formula is C30H29Cl2IN2O6S2. The summed E-state index contributed by atoms with van der Waals surface area (Å²) in [7, 11) is 0. The Morgan fingerprint density at radius 3 is 2.23 bits per heavy atom. The molecule has 13 heteroatoms. The lowest BCUT2D eigenvalue weighted by Gasteiger charge is -2.24. The summed E-state index contributed by atoms with van der Waals surface area (Å²) in [6.07, 6.45) is 3.54. The van der Waals surface area contributed by atoms with Crippen molar-refractivity contribution in [3.63, 3.8) is 0 Å². The van der Waals surface area contributed by atoms with Crippen molar-refractivity contribution in [1.29, 1.82) is 0 Å². The van der Waals surface area contributed by atoms with Crippen LogP contribution in [0.2, 0.25) is 8.67 Å². The second-order valence-corrected chi connectivity index (χ2v) is 14.3.